The Morgan fingerprint density at radius 1 is 1.44 bits per heavy atom. The number of rotatable bonds is 4. The summed E-state index contributed by atoms with van der Waals surface area (Å²) in [6.45, 7) is 5.78. The minimum Gasteiger partial charge on any atom is -0.480 e. The van der Waals surface area contributed by atoms with Crippen LogP contribution in [0.2, 0.25) is 0 Å². The molecule has 92 valence electrons. The van der Waals surface area contributed by atoms with E-state index in [9.17, 15) is 9.59 Å². The molecule has 2 N–H and O–H groups in total. The first-order valence-corrected chi connectivity index (χ1v) is 5.54. The maximum Gasteiger partial charge on any atom is 0.326 e. The van der Waals surface area contributed by atoms with Gasteiger partial charge in [0.1, 0.15) is 11.6 Å². The number of carboxylic acid groups (broad SMARTS) is 1. The SMILES string of the molecule is CC(C)[C@@H](NC(=O)C1(C)CCCO1)C(=O)O. The highest BCUT2D eigenvalue weighted by molar-refractivity contribution is 5.89. The summed E-state index contributed by atoms with van der Waals surface area (Å²) in [6.07, 6.45) is 1.48. The predicted molar refractivity (Wildman–Crippen MR) is 58.0 cm³/mol. The third-order valence-corrected chi connectivity index (χ3v) is 2.92. The van der Waals surface area contributed by atoms with Gasteiger partial charge in [-0.05, 0) is 25.7 Å². The van der Waals surface area contributed by atoms with Crippen molar-refractivity contribution in [3.63, 3.8) is 0 Å². The lowest BCUT2D eigenvalue weighted by atomic mass is 9.99. The monoisotopic (exact) mass is 229 g/mol. The fraction of sp³-hybridized carbons (Fsp3) is 0.818. The van der Waals surface area contributed by atoms with E-state index in [1.165, 1.54) is 0 Å². The second-order valence-electron chi connectivity index (χ2n) is 4.72. The standard InChI is InChI=1S/C11H19NO4/c1-7(2)8(9(13)14)12-10(15)11(3)5-4-6-16-11/h7-8H,4-6H2,1-3H3,(H,12,15)(H,13,14)/t8-,11?/m1/s1. The molecule has 1 fully saturated rings. The molecule has 0 bridgehead atoms. The van der Waals surface area contributed by atoms with Gasteiger partial charge in [-0.2, -0.15) is 0 Å². The molecular formula is C11H19NO4. The fourth-order valence-corrected chi connectivity index (χ4v) is 1.77. The largest absolute Gasteiger partial charge is 0.480 e. The average molecular weight is 229 g/mol. The maximum atomic E-state index is 11.9. The highest BCUT2D eigenvalue weighted by Crippen LogP contribution is 2.25. The summed E-state index contributed by atoms with van der Waals surface area (Å²) in [5.41, 5.74) is -0.859. The summed E-state index contributed by atoms with van der Waals surface area (Å²) in [7, 11) is 0. The summed E-state index contributed by atoms with van der Waals surface area (Å²) in [6, 6.07) is -0.853. The Morgan fingerprint density at radius 2 is 2.06 bits per heavy atom. The van der Waals surface area contributed by atoms with E-state index in [1.54, 1.807) is 20.8 Å². The maximum absolute atomic E-state index is 11.9. The molecule has 1 heterocycles. The van der Waals surface area contributed by atoms with Gasteiger partial charge in [0.15, 0.2) is 0 Å². The zero-order valence-corrected chi connectivity index (χ0v) is 9.95. The Balaban J connectivity index is 2.65. The molecule has 5 heteroatoms. The molecule has 5 nitrogen and oxygen atoms in total. The van der Waals surface area contributed by atoms with Crippen molar-refractivity contribution in [1.29, 1.82) is 0 Å². The molecule has 16 heavy (non-hydrogen) atoms. The second-order valence-corrected chi connectivity index (χ2v) is 4.72. The summed E-state index contributed by atoms with van der Waals surface area (Å²) in [5.74, 6) is -1.48. The van der Waals surface area contributed by atoms with Crippen molar-refractivity contribution in [2.24, 2.45) is 5.92 Å². The Kier molecular flexibility index (Phi) is 3.91. The molecule has 1 amide bonds. The van der Waals surface area contributed by atoms with E-state index in [0.717, 1.165) is 6.42 Å². The average Bonchev–Trinajstić information content (AvgIpc) is 2.61. The van der Waals surface area contributed by atoms with E-state index in [0.29, 0.717) is 13.0 Å². The number of ether oxygens (including phenoxy) is 1. The normalized spacial score (nSPS) is 26.8. The zero-order valence-electron chi connectivity index (χ0n) is 9.95. The van der Waals surface area contributed by atoms with Crippen LogP contribution in [0.1, 0.15) is 33.6 Å². The minimum absolute atomic E-state index is 0.147. The van der Waals surface area contributed by atoms with Crippen molar-refractivity contribution in [2.75, 3.05) is 6.61 Å². The van der Waals surface area contributed by atoms with E-state index >= 15 is 0 Å². The van der Waals surface area contributed by atoms with Crippen molar-refractivity contribution in [2.45, 2.75) is 45.3 Å². The summed E-state index contributed by atoms with van der Waals surface area (Å²) in [4.78, 5) is 22.8. The molecule has 0 aliphatic carbocycles. The molecule has 0 aromatic rings. The molecular weight excluding hydrogens is 210 g/mol. The van der Waals surface area contributed by atoms with Crippen LogP contribution in [-0.4, -0.2) is 35.2 Å². The molecule has 1 rings (SSSR count). The summed E-state index contributed by atoms with van der Waals surface area (Å²) >= 11 is 0. The first-order valence-electron chi connectivity index (χ1n) is 5.54. The molecule has 0 spiro atoms. The van der Waals surface area contributed by atoms with E-state index in [-0.39, 0.29) is 11.8 Å². The molecule has 1 aliphatic rings. The van der Waals surface area contributed by atoms with E-state index in [1.807, 2.05) is 0 Å². The number of nitrogens with one attached hydrogen (secondary N) is 1. The Labute approximate surface area is 95.2 Å². The number of aliphatic carboxylic acids is 1. The third-order valence-electron chi connectivity index (χ3n) is 2.92. The number of amides is 1. The van der Waals surface area contributed by atoms with Gasteiger partial charge in [-0.1, -0.05) is 13.8 Å². The van der Waals surface area contributed by atoms with Crippen LogP contribution in [0.5, 0.6) is 0 Å². The van der Waals surface area contributed by atoms with Gasteiger partial charge in [-0.15, -0.1) is 0 Å². The van der Waals surface area contributed by atoms with Crippen LogP contribution in [0.3, 0.4) is 0 Å². The Bertz CT molecular complexity index is 282. The van der Waals surface area contributed by atoms with Crippen molar-refractivity contribution < 1.29 is 19.4 Å². The van der Waals surface area contributed by atoms with Crippen LogP contribution >= 0.6 is 0 Å². The third kappa shape index (κ3) is 2.72. The predicted octanol–water partition coefficient (Wildman–Crippen LogP) is 0.781. The van der Waals surface area contributed by atoms with Crippen molar-refractivity contribution in [1.82, 2.24) is 5.32 Å². The molecule has 0 radical (unpaired) electrons. The number of carbonyl (C=O) groups excluding carboxylic acids is 1. The summed E-state index contributed by atoms with van der Waals surface area (Å²) in [5, 5.41) is 11.5. The second kappa shape index (κ2) is 4.82. The quantitative estimate of drug-likeness (QED) is 0.747. The van der Waals surface area contributed by atoms with Gasteiger partial charge in [0.05, 0.1) is 0 Å². The lowest BCUT2D eigenvalue weighted by molar-refractivity contribution is -0.148. The number of hydrogen-bond donors (Lipinski definition) is 2. The number of hydrogen-bond acceptors (Lipinski definition) is 3. The van der Waals surface area contributed by atoms with Crippen LogP contribution in [0.15, 0.2) is 0 Å². The van der Waals surface area contributed by atoms with Gasteiger partial charge in [0.2, 0.25) is 0 Å². The van der Waals surface area contributed by atoms with Crippen LogP contribution in [0, 0.1) is 5.92 Å². The van der Waals surface area contributed by atoms with E-state index < -0.39 is 17.6 Å². The molecule has 1 saturated heterocycles. The van der Waals surface area contributed by atoms with Crippen LogP contribution in [0.25, 0.3) is 0 Å². The Hall–Kier alpha value is -1.10. The number of carbonyl (C=O) groups is 2. The van der Waals surface area contributed by atoms with Crippen LogP contribution in [-0.2, 0) is 14.3 Å². The van der Waals surface area contributed by atoms with Crippen molar-refractivity contribution in [3.8, 4) is 0 Å². The van der Waals surface area contributed by atoms with Crippen LogP contribution in [0.4, 0.5) is 0 Å². The van der Waals surface area contributed by atoms with Gasteiger partial charge >= 0.3 is 5.97 Å². The first-order chi connectivity index (χ1) is 7.37. The lowest BCUT2D eigenvalue weighted by Crippen LogP contribution is -2.52. The minimum atomic E-state index is -1.01. The molecule has 0 saturated carbocycles. The van der Waals surface area contributed by atoms with E-state index in [4.69, 9.17) is 9.84 Å². The fourth-order valence-electron chi connectivity index (χ4n) is 1.77. The zero-order chi connectivity index (χ0) is 12.3. The van der Waals surface area contributed by atoms with Crippen molar-refractivity contribution >= 4 is 11.9 Å². The van der Waals surface area contributed by atoms with Gasteiger partial charge in [-0.25, -0.2) is 4.79 Å². The smallest absolute Gasteiger partial charge is 0.326 e. The molecule has 1 aliphatic heterocycles. The van der Waals surface area contributed by atoms with Gasteiger partial charge in [-0.3, -0.25) is 4.79 Å². The highest BCUT2D eigenvalue weighted by Gasteiger charge is 2.39. The van der Waals surface area contributed by atoms with Gasteiger partial charge in [0.25, 0.3) is 5.91 Å². The lowest BCUT2D eigenvalue weighted by Gasteiger charge is -2.26. The molecule has 0 aromatic carbocycles. The molecule has 0 aromatic heterocycles. The van der Waals surface area contributed by atoms with Crippen LogP contribution < -0.4 is 5.32 Å². The summed E-state index contributed by atoms with van der Waals surface area (Å²) < 4.78 is 5.36. The van der Waals surface area contributed by atoms with Gasteiger partial charge < -0.3 is 15.2 Å². The van der Waals surface area contributed by atoms with Crippen molar-refractivity contribution in [3.05, 3.63) is 0 Å². The Morgan fingerprint density at radius 3 is 2.44 bits per heavy atom. The van der Waals surface area contributed by atoms with E-state index in [2.05, 4.69) is 5.32 Å². The molecule has 1 unspecified atom stereocenters. The topological polar surface area (TPSA) is 75.6 Å². The van der Waals surface area contributed by atoms with Gasteiger partial charge in [0, 0.05) is 6.61 Å². The molecule has 2 atom stereocenters. The highest BCUT2D eigenvalue weighted by atomic mass is 16.5. The number of carboxylic acids is 1. The first kappa shape index (κ1) is 13.0.